The Morgan fingerprint density at radius 1 is 1.16 bits per heavy atom. The molecule has 1 aromatic carbocycles. The minimum atomic E-state index is -0.864. The van der Waals surface area contributed by atoms with Gasteiger partial charge in [-0.2, -0.15) is 0 Å². The molecule has 0 radical (unpaired) electrons. The Hall–Kier alpha value is -3.21. The maximum absolute atomic E-state index is 11.7. The third kappa shape index (κ3) is 3.36. The van der Waals surface area contributed by atoms with Crippen LogP contribution in [0.3, 0.4) is 0 Å². The van der Waals surface area contributed by atoms with E-state index in [1.54, 1.807) is 12.1 Å². The average Bonchev–Trinajstić information content (AvgIpc) is 3.17. The van der Waals surface area contributed by atoms with Crippen LogP contribution in [0.2, 0.25) is 0 Å². The molecular formula is C27H29N3O2. The van der Waals surface area contributed by atoms with Crippen LogP contribution in [-0.4, -0.2) is 25.6 Å². The van der Waals surface area contributed by atoms with Crippen molar-refractivity contribution in [1.29, 1.82) is 0 Å². The second-order valence-electron chi connectivity index (χ2n) is 8.98. The van der Waals surface area contributed by atoms with Crippen LogP contribution >= 0.6 is 0 Å². The van der Waals surface area contributed by atoms with E-state index in [2.05, 4.69) is 37.5 Å². The minimum Gasteiger partial charge on any atom is -0.478 e. The van der Waals surface area contributed by atoms with E-state index < -0.39 is 5.97 Å². The first-order chi connectivity index (χ1) is 15.5. The predicted octanol–water partition coefficient (Wildman–Crippen LogP) is 6.21. The standard InChI is InChI=1S/C27H29N3O2/c1-4-24-29-25-16(2)14-17(3)28-26(25)30(24)23-11-7-8-18-15-19(12-13-21(18)23)20-9-5-6-10-22(20)27(31)32/h5-6,9-10,14-15,23H,4,7-8,11-13H2,1-3H3,(H,31,32). The molecule has 5 rings (SSSR count). The van der Waals surface area contributed by atoms with E-state index in [4.69, 9.17) is 9.97 Å². The van der Waals surface area contributed by atoms with Crippen molar-refractivity contribution in [2.45, 2.75) is 65.3 Å². The first kappa shape index (κ1) is 20.7. The maximum atomic E-state index is 11.7. The van der Waals surface area contributed by atoms with E-state index in [0.29, 0.717) is 5.56 Å². The molecule has 1 unspecified atom stereocenters. The van der Waals surface area contributed by atoms with Crippen LogP contribution in [-0.2, 0) is 6.42 Å². The summed E-state index contributed by atoms with van der Waals surface area (Å²) in [5, 5.41) is 9.64. The van der Waals surface area contributed by atoms with Gasteiger partial charge in [0.25, 0.3) is 0 Å². The molecule has 0 bridgehead atoms. The van der Waals surface area contributed by atoms with Gasteiger partial charge < -0.3 is 9.67 Å². The quantitative estimate of drug-likeness (QED) is 0.538. The molecular weight excluding hydrogens is 398 g/mol. The summed E-state index contributed by atoms with van der Waals surface area (Å²) in [6.07, 6.45) is 8.21. The smallest absolute Gasteiger partial charge is 0.336 e. The molecule has 1 N–H and O–H groups in total. The lowest BCUT2D eigenvalue weighted by Crippen LogP contribution is -2.21. The highest BCUT2D eigenvalue weighted by Crippen LogP contribution is 2.44. The molecule has 2 heterocycles. The molecule has 0 spiro atoms. The average molecular weight is 428 g/mol. The number of hydrogen-bond acceptors (Lipinski definition) is 3. The molecule has 2 aliphatic carbocycles. The van der Waals surface area contributed by atoms with Gasteiger partial charge in [0.05, 0.1) is 11.6 Å². The Balaban J connectivity index is 1.63. The number of allylic oxidation sites excluding steroid dienone is 4. The van der Waals surface area contributed by atoms with Gasteiger partial charge in [-0.15, -0.1) is 0 Å². The van der Waals surface area contributed by atoms with Gasteiger partial charge in [0.2, 0.25) is 0 Å². The third-order valence-corrected chi connectivity index (χ3v) is 6.92. The van der Waals surface area contributed by atoms with Crippen molar-refractivity contribution < 1.29 is 9.90 Å². The van der Waals surface area contributed by atoms with E-state index in [0.717, 1.165) is 72.3 Å². The molecule has 5 heteroatoms. The van der Waals surface area contributed by atoms with Gasteiger partial charge in [0.1, 0.15) is 11.3 Å². The van der Waals surface area contributed by atoms with Crippen LogP contribution in [0.25, 0.3) is 16.7 Å². The van der Waals surface area contributed by atoms with Crippen LogP contribution in [0.4, 0.5) is 0 Å². The largest absolute Gasteiger partial charge is 0.478 e. The topological polar surface area (TPSA) is 68.0 Å². The highest BCUT2D eigenvalue weighted by atomic mass is 16.4. The van der Waals surface area contributed by atoms with Crippen LogP contribution < -0.4 is 0 Å². The highest BCUT2D eigenvalue weighted by molar-refractivity contribution is 5.94. The van der Waals surface area contributed by atoms with E-state index in [-0.39, 0.29) is 6.04 Å². The normalized spacial score (nSPS) is 18.6. The summed E-state index contributed by atoms with van der Waals surface area (Å²) in [6, 6.07) is 9.76. The second-order valence-corrected chi connectivity index (χ2v) is 8.98. The fourth-order valence-corrected chi connectivity index (χ4v) is 5.52. The molecule has 3 aromatic rings. The first-order valence-electron chi connectivity index (χ1n) is 11.6. The zero-order chi connectivity index (χ0) is 22.4. The molecule has 0 fully saturated rings. The van der Waals surface area contributed by atoms with E-state index in [1.807, 2.05) is 12.1 Å². The van der Waals surface area contributed by atoms with Crippen LogP contribution in [0.15, 0.2) is 47.6 Å². The van der Waals surface area contributed by atoms with E-state index in [1.165, 1.54) is 16.7 Å². The fourth-order valence-electron chi connectivity index (χ4n) is 5.52. The van der Waals surface area contributed by atoms with Gasteiger partial charge in [0, 0.05) is 12.1 Å². The Kier molecular flexibility index (Phi) is 5.20. The zero-order valence-corrected chi connectivity index (χ0v) is 19.0. The van der Waals surface area contributed by atoms with Crippen molar-refractivity contribution in [2.24, 2.45) is 0 Å². The Bertz CT molecular complexity index is 1300. The number of rotatable bonds is 4. The number of fused-ring (bicyclic) bond motifs is 1. The zero-order valence-electron chi connectivity index (χ0n) is 19.0. The van der Waals surface area contributed by atoms with Crippen molar-refractivity contribution in [2.75, 3.05) is 0 Å². The number of carboxylic acids is 1. The number of benzene rings is 1. The molecule has 5 nitrogen and oxygen atoms in total. The lowest BCUT2D eigenvalue weighted by atomic mass is 9.78. The maximum Gasteiger partial charge on any atom is 0.336 e. The minimum absolute atomic E-state index is 0.278. The first-order valence-corrected chi connectivity index (χ1v) is 11.6. The van der Waals surface area contributed by atoms with Crippen molar-refractivity contribution in [1.82, 2.24) is 14.5 Å². The molecule has 2 aromatic heterocycles. The molecule has 1 atom stereocenters. The van der Waals surface area contributed by atoms with Crippen molar-refractivity contribution in [3.05, 3.63) is 75.8 Å². The Labute approximate surface area is 188 Å². The number of pyridine rings is 1. The molecule has 164 valence electrons. The summed E-state index contributed by atoms with van der Waals surface area (Å²) in [7, 11) is 0. The van der Waals surface area contributed by atoms with Gasteiger partial charge in [-0.05, 0) is 85.9 Å². The summed E-state index contributed by atoms with van der Waals surface area (Å²) >= 11 is 0. The van der Waals surface area contributed by atoms with Gasteiger partial charge in [0.15, 0.2) is 5.65 Å². The molecule has 0 saturated heterocycles. The summed E-state index contributed by atoms with van der Waals surface area (Å²) < 4.78 is 2.40. The monoisotopic (exact) mass is 427 g/mol. The number of aromatic carboxylic acids is 1. The molecule has 0 amide bonds. The van der Waals surface area contributed by atoms with Gasteiger partial charge in [-0.25, -0.2) is 14.8 Å². The lowest BCUT2D eigenvalue weighted by Gasteiger charge is -2.33. The molecule has 2 aliphatic rings. The lowest BCUT2D eigenvalue weighted by molar-refractivity contribution is 0.0696. The number of aryl methyl sites for hydroxylation is 3. The predicted molar refractivity (Wildman–Crippen MR) is 127 cm³/mol. The molecule has 0 aliphatic heterocycles. The number of hydrogen-bond donors (Lipinski definition) is 1. The van der Waals surface area contributed by atoms with Crippen molar-refractivity contribution in [3.63, 3.8) is 0 Å². The van der Waals surface area contributed by atoms with Crippen LogP contribution in [0.5, 0.6) is 0 Å². The Morgan fingerprint density at radius 2 is 1.97 bits per heavy atom. The summed E-state index contributed by atoms with van der Waals surface area (Å²) in [4.78, 5) is 21.6. The van der Waals surface area contributed by atoms with Gasteiger partial charge in [-0.3, -0.25) is 0 Å². The van der Waals surface area contributed by atoms with Gasteiger partial charge >= 0.3 is 5.97 Å². The summed E-state index contributed by atoms with van der Waals surface area (Å²) in [6.45, 7) is 6.34. The summed E-state index contributed by atoms with van der Waals surface area (Å²) in [5.41, 5.74) is 9.45. The number of carbonyl (C=O) groups is 1. The summed E-state index contributed by atoms with van der Waals surface area (Å²) in [5.74, 6) is 0.239. The molecule has 32 heavy (non-hydrogen) atoms. The third-order valence-electron chi connectivity index (χ3n) is 6.92. The number of aromatic nitrogens is 3. The van der Waals surface area contributed by atoms with Gasteiger partial charge in [-0.1, -0.05) is 31.2 Å². The Morgan fingerprint density at radius 3 is 2.75 bits per heavy atom. The second kappa shape index (κ2) is 8.05. The fraction of sp³-hybridized carbons (Fsp3) is 0.370. The van der Waals surface area contributed by atoms with Crippen LogP contribution in [0, 0.1) is 13.8 Å². The molecule has 0 saturated carbocycles. The SMILES string of the molecule is CCc1nc2c(C)cc(C)nc2n1C1CCCC2=C1CCC(c1ccccc1C(=O)O)=C2. The van der Waals surface area contributed by atoms with Crippen molar-refractivity contribution in [3.8, 4) is 0 Å². The highest BCUT2D eigenvalue weighted by Gasteiger charge is 2.30. The number of nitrogens with zero attached hydrogens (tertiary/aromatic N) is 3. The van der Waals surface area contributed by atoms with E-state index >= 15 is 0 Å². The van der Waals surface area contributed by atoms with Crippen molar-refractivity contribution >= 4 is 22.7 Å². The number of carboxylic acid groups (broad SMARTS) is 1. The van der Waals surface area contributed by atoms with Crippen LogP contribution in [0.1, 0.15) is 78.1 Å². The number of imidazole rings is 1. The van der Waals surface area contributed by atoms with E-state index in [9.17, 15) is 9.90 Å².